The molecule has 104 valence electrons. The van der Waals surface area contributed by atoms with Crippen molar-refractivity contribution in [2.75, 3.05) is 7.11 Å². The van der Waals surface area contributed by atoms with Gasteiger partial charge in [-0.3, -0.25) is 4.79 Å². The minimum atomic E-state index is -1.22. The van der Waals surface area contributed by atoms with Crippen LogP contribution in [0.25, 0.3) is 17.0 Å². The third-order valence-corrected chi connectivity index (χ3v) is 3.19. The van der Waals surface area contributed by atoms with Crippen LogP contribution in [0.5, 0.6) is 5.75 Å². The first-order valence-corrected chi connectivity index (χ1v) is 6.03. The number of methoxy groups -OCH3 is 1. The van der Waals surface area contributed by atoms with Crippen LogP contribution in [0.15, 0.2) is 29.8 Å². The van der Waals surface area contributed by atoms with Crippen molar-refractivity contribution in [3.8, 4) is 5.75 Å². The number of nitrogens with zero attached hydrogens (tertiary/aromatic N) is 1. The van der Waals surface area contributed by atoms with E-state index in [1.54, 1.807) is 7.11 Å². The Morgan fingerprint density at radius 3 is 2.55 bits per heavy atom. The highest BCUT2D eigenvalue weighted by Crippen LogP contribution is 2.25. The lowest BCUT2D eigenvalue weighted by atomic mass is 10.1. The monoisotopic (exact) mass is 273 g/mol. The van der Waals surface area contributed by atoms with Crippen LogP contribution in [0, 0.1) is 0 Å². The summed E-state index contributed by atoms with van der Waals surface area (Å²) in [7, 11) is 3.41. The van der Waals surface area contributed by atoms with E-state index in [9.17, 15) is 9.59 Å². The molecule has 0 saturated heterocycles. The summed E-state index contributed by atoms with van der Waals surface area (Å²) in [6.45, 7) is 1.24. The molecule has 0 bridgehead atoms. The van der Waals surface area contributed by atoms with Gasteiger partial charge in [-0.05, 0) is 37.3 Å². The van der Waals surface area contributed by atoms with Crippen molar-refractivity contribution in [1.29, 1.82) is 0 Å². The van der Waals surface area contributed by atoms with E-state index in [1.807, 2.05) is 35.9 Å². The molecule has 2 rings (SSSR count). The summed E-state index contributed by atoms with van der Waals surface area (Å²) in [5.74, 6) is -0.968. The van der Waals surface area contributed by atoms with Gasteiger partial charge in [0.05, 0.1) is 7.11 Å². The smallest absolute Gasteiger partial charge is 0.339 e. The van der Waals surface area contributed by atoms with Crippen molar-refractivity contribution in [2.45, 2.75) is 6.92 Å². The fraction of sp³-hybridized carbons (Fsp3) is 0.200. The first-order valence-electron chi connectivity index (χ1n) is 6.03. The van der Waals surface area contributed by atoms with Crippen LogP contribution in [0.2, 0.25) is 0 Å². The van der Waals surface area contributed by atoms with Crippen molar-refractivity contribution in [3.63, 3.8) is 0 Å². The fourth-order valence-corrected chi connectivity index (χ4v) is 2.08. The average Bonchev–Trinajstić information content (AvgIpc) is 2.71. The maximum atomic E-state index is 11.3. The molecule has 1 N–H and O–H groups in total. The van der Waals surface area contributed by atoms with Gasteiger partial charge in [-0.25, -0.2) is 4.79 Å². The first kappa shape index (κ1) is 13.9. The lowest BCUT2D eigenvalue weighted by Crippen LogP contribution is -2.09. The molecule has 0 fully saturated rings. The van der Waals surface area contributed by atoms with Gasteiger partial charge in [0.15, 0.2) is 5.78 Å². The van der Waals surface area contributed by atoms with E-state index in [0.717, 1.165) is 16.7 Å². The summed E-state index contributed by atoms with van der Waals surface area (Å²) in [5, 5.41) is 9.96. The minimum absolute atomic E-state index is 0.233. The second kappa shape index (κ2) is 5.21. The molecule has 5 heteroatoms. The summed E-state index contributed by atoms with van der Waals surface area (Å²) < 4.78 is 6.99. The van der Waals surface area contributed by atoms with Crippen molar-refractivity contribution in [1.82, 2.24) is 4.57 Å². The van der Waals surface area contributed by atoms with Gasteiger partial charge in [-0.2, -0.15) is 0 Å². The zero-order chi connectivity index (χ0) is 14.9. The second-order valence-corrected chi connectivity index (χ2v) is 4.47. The van der Waals surface area contributed by atoms with E-state index in [4.69, 9.17) is 9.84 Å². The van der Waals surface area contributed by atoms with Crippen LogP contribution in [0.1, 0.15) is 12.6 Å². The lowest BCUT2D eigenvalue weighted by Gasteiger charge is -2.02. The molecule has 1 aromatic heterocycles. The van der Waals surface area contributed by atoms with Crippen LogP contribution in [0.3, 0.4) is 0 Å². The fourth-order valence-electron chi connectivity index (χ4n) is 2.08. The molecule has 0 spiro atoms. The standard InChI is InChI=1S/C15H15NO4/c1-9(17)13(15(18)19)8-11-6-10-7-12(20-3)4-5-14(10)16(11)2/h4-8H,1-3H3,(H,18,19). The Labute approximate surface area is 116 Å². The molecule has 0 radical (unpaired) electrons. The zero-order valence-corrected chi connectivity index (χ0v) is 11.5. The number of ether oxygens (including phenoxy) is 1. The molecule has 0 aliphatic heterocycles. The number of Topliss-reactive ketones (excluding diaryl/α,β-unsaturated/α-hetero) is 1. The lowest BCUT2D eigenvalue weighted by molar-refractivity contribution is -0.134. The van der Waals surface area contributed by atoms with Gasteiger partial charge >= 0.3 is 5.97 Å². The third-order valence-electron chi connectivity index (χ3n) is 3.19. The molecular weight excluding hydrogens is 258 g/mol. The van der Waals surface area contributed by atoms with Gasteiger partial charge in [0, 0.05) is 23.6 Å². The Morgan fingerprint density at radius 1 is 1.30 bits per heavy atom. The average molecular weight is 273 g/mol. The highest BCUT2D eigenvalue weighted by Gasteiger charge is 2.14. The minimum Gasteiger partial charge on any atom is -0.497 e. The number of benzene rings is 1. The number of aryl methyl sites for hydroxylation is 1. The number of carbonyl (C=O) groups is 2. The number of carboxylic acid groups (broad SMARTS) is 1. The number of hydrogen-bond donors (Lipinski definition) is 1. The normalized spacial score (nSPS) is 11.7. The predicted octanol–water partition coefficient (Wildman–Crippen LogP) is 2.24. The molecule has 20 heavy (non-hydrogen) atoms. The van der Waals surface area contributed by atoms with Crippen molar-refractivity contribution in [2.24, 2.45) is 7.05 Å². The number of carbonyl (C=O) groups excluding carboxylic acids is 1. The van der Waals surface area contributed by atoms with Gasteiger partial charge < -0.3 is 14.4 Å². The summed E-state index contributed by atoms with van der Waals surface area (Å²) >= 11 is 0. The van der Waals surface area contributed by atoms with Crippen molar-refractivity contribution in [3.05, 3.63) is 35.5 Å². The maximum absolute atomic E-state index is 11.3. The van der Waals surface area contributed by atoms with Gasteiger partial charge in [0.25, 0.3) is 0 Å². The third kappa shape index (κ3) is 2.42. The Hall–Kier alpha value is -2.56. The molecular formula is C15H15NO4. The highest BCUT2D eigenvalue weighted by atomic mass is 16.5. The van der Waals surface area contributed by atoms with Gasteiger partial charge in [0.1, 0.15) is 11.3 Å². The van der Waals surface area contributed by atoms with Crippen LogP contribution in [-0.2, 0) is 16.6 Å². The molecule has 2 aromatic rings. The quantitative estimate of drug-likeness (QED) is 0.527. The van der Waals surface area contributed by atoms with E-state index in [1.165, 1.54) is 13.0 Å². The van der Waals surface area contributed by atoms with E-state index in [-0.39, 0.29) is 5.57 Å². The Morgan fingerprint density at radius 2 is 2.00 bits per heavy atom. The van der Waals surface area contributed by atoms with E-state index in [2.05, 4.69) is 0 Å². The van der Waals surface area contributed by atoms with Crippen LogP contribution < -0.4 is 4.74 Å². The van der Waals surface area contributed by atoms with Gasteiger partial charge in [-0.1, -0.05) is 0 Å². The SMILES string of the molecule is COc1ccc2c(c1)cc(C=C(C(C)=O)C(=O)O)n2C. The number of rotatable bonds is 4. The molecule has 0 aliphatic rings. The van der Waals surface area contributed by atoms with E-state index >= 15 is 0 Å². The second-order valence-electron chi connectivity index (χ2n) is 4.47. The number of aromatic nitrogens is 1. The topological polar surface area (TPSA) is 68.5 Å². The van der Waals surface area contributed by atoms with Crippen molar-refractivity contribution >= 4 is 28.7 Å². The number of ketones is 1. The van der Waals surface area contributed by atoms with Crippen LogP contribution in [-0.4, -0.2) is 28.5 Å². The Kier molecular flexibility index (Phi) is 3.61. The predicted molar refractivity (Wildman–Crippen MR) is 75.8 cm³/mol. The van der Waals surface area contributed by atoms with Gasteiger partial charge in [-0.15, -0.1) is 0 Å². The number of aliphatic carboxylic acids is 1. The summed E-state index contributed by atoms with van der Waals surface area (Å²) in [6.07, 6.45) is 1.39. The number of fused-ring (bicyclic) bond motifs is 1. The van der Waals surface area contributed by atoms with Crippen LogP contribution >= 0.6 is 0 Å². The molecule has 0 saturated carbocycles. The summed E-state index contributed by atoms with van der Waals surface area (Å²) in [6, 6.07) is 7.41. The highest BCUT2D eigenvalue weighted by molar-refractivity contribution is 6.19. The first-order chi connectivity index (χ1) is 9.43. The molecule has 0 atom stereocenters. The molecule has 0 amide bonds. The summed E-state index contributed by atoms with van der Waals surface area (Å²) in [4.78, 5) is 22.4. The Bertz CT molecular complexity index is 709. The molecule has 1 aromatic carbocycles. The molecule has 1 heterocycles. The maximum Gasteiger partial charge on any atom is 0.339 e. The van der Waals surface area contributed by atoms with E-state index < -0.39 is 11.8 Å². The number of hydrogen-bond acceptors (Lipinski definition) is 3. The van der Waals surface area contributed by atoms with Gasteiger partial charge in [0.2, 0.25) is 0 Å². The molecule has 0 unspecified atom stereocenters. The molecule has 0 aliphatic carbocycles. The largest absolute Gasteiger partial charge is 0.497 e. The number of carboxylic acids is 1. The summed E-state index contributed by atoms with van der Waals surface area (Å²) in [5.41, 5.74) is 1.36. The zero-order valence-electron chi connectivity index (χ0n) is 11.5. The molecule has 5 nitrogen and oxygen atoms in total. The van der Waals surface area contributed by atoms with Crippen LogP contribution in [0.4, 0.5) is 0 Å². The Balaban J connectivity index is 2.60. The van der Waals surface area contributed by atoms with Crippen molar-refractivity contribution < 1.29 is 19.4 Å². The van der Waals surface area contributed by atoms with E-state index in [0.29, 0.717) is 5.69 Å².